The number of nitrogens with zero attached hydrogens (tertiary/aromatic N) is 1. The van der Waals surface area contributed by atoms with Crippen LogP contribution in [0.5, 0.6) is 0 Å². The summed E-state index contributed by atoms with van der Waals surface area (Å²) in [6.45, 7) is 7.06. The first-order chi connectivity index (χ1) is 8.06. The predicted molar refractivity (Wildman–Crippen MR) is 67.5 cm³/mol. The van der Waals surface area contributed by atoms with Crippen molar-refractivity contribution in [3.63, 3.8) is 0 Å². The van der Waals surface area contributed by atoms with Gasteiger partial charge >= 0.3 is 0 Å². The third kappa shape index (κ3) is 4.02. The lowest BCUT2D eigenvalue weighted by Gasteiger charge is -2.36. The fourth-order valence-electron chi connectivity index (χ4n) is 2.29. The fraction of sp³-hybridized carbons (Fsp3) is 0.846. The van der Waals surface area contributed by atoms with Crippen molar-refractivity contribution in [1.29, 1.82) is 0 Å². The molecular weight excluding hydrogens is 216 g/mol. The summed E-state index contributed by atoms with van der Waals surface area (Å²) in [7, 11) is 0. The van der Waals surface area contributed by atoms with Crippen LogP contribution in [0.2, 0.25) is 0 Å². The molecule has 2 atom stereocenters. The second kappa shape index (κ2) is 6.62. The van der Waals surface area contributed by atoms with Crippen molar-refractivity contribution in [2.24, 2.45) is 5.92 Å². The van der Waals surface area contributed by atoms with Gasteiger partial charge < -0.3 is 10.2 Å². The van der Waals surface area contributed by atoms with Crippen LogP contribution < -0.4 is 5.32 Å². The minimum Gasteiger partial charge on any atom is -0.356 e. The molecule has 0 aliphatic carbocycles. The van der Waals surface area contributed by atoms with Crippen molar-refractivity contribution in [1.82, 2.24) is 10.2 Å². The third-order valence-electron chi connectivity index (χ3n) is 3.49. The number of piperidine rings is 1. The highest BCUT2D eigenvalue weighted by Crippen LogP contribution is 2.22. The number of hydrogen-bond acceptors (Lipinski definition) is 2. The van der Waals surface area contributed by atoms with Gasteiger partial charge in [0.1, 0.15) is 0 Å². The van der Waals surface area contributed by atoms with Crippen molar-refractivity contribution in [2.75, 3.05) is 13.1 Å². The van der Waals surface area contributed by atoms with E-state index in [9.17, 15) is 9.59 Å². The molecule has 0 unspecified atom stereocenters. The maximum atomic E-state index is 11.9. The van der Waals surface area contributed by atoms with Gasteiger partial charge in [-0.1, -0.05) is 13.3 Å². The molecule has 0 aromatic heterocycles. The normalized spacial score (nSPS) is 24.5. The zero-order valence-electron chi connectivity index (χ0n) is 11.2. The first kappa shape index (κ1) is 14.0. The van der Waals surface area contributed by atoms with Crippen LogP contribution in [0.25, 0.3) is 0 Å². The molecule has 4 heteroatoms. The largest absolute Gasteiger partial charge is 0.356 e. The molecule has 0 aromatic rings. The van der Waals surface area contributed by atoms with E-state index >= 15 is 0 Å². The second-order valence-electron chi connectivity index (χ2n) is 4.94. The summed E-state index contributed by atoms with van der Waals surface area (Å²) in [6.07, 6.45) is 3.92. The van der Waals surface area contributed by atoms with E-state index in [0.717, 1.165) is 32.2 Å². The quantitative estimate of drug-likeness (QED) is 0.758. The second-order valence-corrected chi connectivity index (χ2v) is 4.94. The van der Waals surface area contributed by atoms with E-state index < -0.39 is 0 Å². The predicted octanol–water partition coefficient (Wildman–Crippen LogP) is 1.55. The number of hydrogen-bond donors (Lipinski definition) is 1. The van der Waals surface area contributed by atoms with Gasteiger partial charge in [-0.05, 0) is 26.2 Å². The molecule has 0 aromatic carbocycles. The lowest BCUT2D eigenvalue weighted by Crippen LogP contribution is -2.48. The van der Waals surface area contributed by atoms with Gasteiger partial charge in [-0.25, -0.2) is 0 Å². The molecule has 4 nitrogen and oxygen atoms in total. The Bertz CT molecular complexity index is 279. The van der Waals surface area contributed by atoms with Gasteiger partial charge in [0.25, 0.3) is 0 Å². The van der Waals surface area contributed by atoms with E-state index in [1.807, 2.05) is 11.8 Å². The van der Waals surface area contributed by atoms with Gasteiger partial charge in [0.2, 0.25) is 11.8 Å². The molecule has 1 saturated heterocycles. The minimum atomic E-state index is -0.0213. The topological polar surface area (TPSA) is 49.4 Å². The van der Waals surface area contributed by atoms with Gasteiger partial charge in [-0.15, -0.1) is 0 Å². The Kier molecular flexibility index (Phi) is 5.45. The zero-order chi connectivity index (χ0) is 12.8. The zero-order valence-corrected chi connectivity index (χ0v) is 11.2. The Morgan fingerprint density at radius 2 is 2.06 bits per heavy atom. The molecule has 0 radical (unpaired) electrons. The van der Waals surface area contributed by atoms with Crippen molar-refractivity contribution < 1.29 is 9.59 Å². The van der Waals surface area contributed by atoms with Crippen molar-refractivity contribution in [3.8, 4) is 0 Å². The fourth-order valence-corrected chi connectivity index (χ4v) is 2.29. The highest BCUT2D eigenvalue weighted by atomic mass is 16.2. The Morgan fingerprint density at radius 3 is 2.65 bits per heavy atom. The lowest BCUT2D eigenvalue weighted by atomic mass is 9.92. The van der Waals surface area contributed by atoms with E-state index in [1.54, 1.807) is 6.92 Å². The van der Waals surface area contributed by atoms with Crippen molar-refractivity contribution in [3.05, 3.63) is 0 Å². The number of amides is 2. The van der Waals surface area contributed by atoms with Gasteiger partial charge in [0.05, 0.1) is 5.92 Å². The summed E-state index contributed by atoms with van der Waals surface area (Å²) in [4.78, 5) is 25.1. The minimum absolute atomic E-state index is 0.0213. The van der Waals surface area contributed by atoms with Gasteiger partial charge in [-0.2, -0.15) is 0 Å². The highest BCUT2D eigenvalue weighted by molar-refractivity contribution is 5.80. The van der Waals surface area contributed by atoms with Crippen LogP contribution in [0, 0.1) is 5.92 Å². The molecule has 0 bridgehead atoms. The maximum Gasteiger partial charge on any atom is 0.224 e. The summed E-state index contributed by atoms with van der Waals surface area (Å²) in [5.74, 6) is 0.159. The SMILES string of the molecule is CCCCNC(=O)[C@H]1CC[C@@H](C)N(C(C)=O)C1. The van der Waals surface area contributed by atoms with E-state index in [-0.39, 0.29) is 23.8 Å². The van der Waals surface area contributed by atoms with E-state index in [4.69, 9.17) is 0 Å². The standard InChI is InChI=1S/C13H24N2O2/c1-4-5-8-14-13(17)12-7-6-10(2)15(9-12)11(3)16/h10,12H,4-9H2,1-3H3,(H,14,17)/t10-,12+/m1/s1. The molecular formula is C13H24N2O2. The Morgan fingerprint density at radius 1 is 1.35 bits per heavy atom. The first-order valence-corrected chi connectivity index (χ1v) is 6.61. The van der Waals surface area contributed by atoms with Gasteiger partial charge in [0.15, 0.2) is 0 Å². The van der Waals surface area contributed by atoms with Crippen LogP contribution in [-0.2, 0) is 9.59 Å². The van der Waals surface area contributed by atoms with Crippen LogP contribution in [0.15, 0.2) is 0 Å². The van der Waals surface area contributed by atoms with Crippen LogP contribution in [0.4, 0.5) is 0 Å². The van der Waals surface area contributed by atoms with Crippen molar-refractivity contribution >= 4 is 11.8 Å². The summed E-state index contributed by atoms with van der Waals surface area (Å²) >= 11 is 0. The van der Waals surface area contributed by atoms with Crippen molar-refractivity contribution in [2.45, 2.75) is 52.5 Å². The molecule has 1 aliphatic heterocycles. The number of nitrogens with one attached hydrogen (secondary N) is 1. The highest BCUT2D eigenvalue weighted by Gasteiger charge is 2.30. The first-order valence-electron chi connectivity index (χ1n) is 6.61. The monoisotopic (exact) mass is 240 g/mol. The summed E-state index contributed by atoms with van der Waals surface area (Å²) in [5, 5.41) is 2.95. The summed E-state index contributed by atoms with van der Waals surface area (Å²) < 4.78 is 0. The van der Waals surface area contributed by atoms with Crippen LogP contribution in [0.3, 0.4) is 0 Å². The van der Waals surface area contributed by atoms with E-state index in [0.29, 0.717) is 6.54 Å². The van der Waals surface area contributed by atoms with Crippen LogP contribution in [0.1, 0.15) is 46.5 Å². The van der Waals surface area contributed by atoms with Crippen LogP contribution >= 0.6 is 0 Å². The summed E-state index contributed by atoms with van der Waals surface area (Å²) in [5.41, 5.74) is 0. The average molecular weight is 240 g/mol. The molecule has 2 amide bonds. The molecule has 1 heterocycles. The molecule has 1 aliphatic rings. The van der Waals surface area contributed by atoms with Gasteiger partial charge in [-0.3, -0.25) is 9.59 Å². The maximum absolute atomic E-state index is 11.9. The molecule has 1 N–H and O–H groups in total. The van der Waals surface area contributed by atoms with E-state index in [1.165, 1.54) is 0 Å². The molecule has 1 fully saturated rings. The third-order valence-corrected chi connectivity index (χ3v) is 3.49. The molecule has 98 valence electrons. The Balaban J connectivity index is 2.44. The molecule has 0 saturated carbocycles. The average Bonchev–Trinajstić information content (AvgIpc) is 2.29. The Labute approximate surface area is 104 Å². The number of carbonyl (C=O) groups excluding carboxylic acids is 2. The van der Waals surface area contributed by atoms with E-state index in [2.05, 4.69) is 12.2 Å². The van der Waals surface area contributed by atoms with Crippen LogP contribution in [-0.4, -0.2) is 35.8 Å². The lowest BCUT2D eigenvalue weighted by molar-refractivity contribution is -0.136. The molecule has 1 rings (SSSR count). The molecule has 0 spiro atoms. The number of likely N-dealkylation sites (tertiary alicyclic amines) is 1. The van der Waals surface area contributed by atoms with Gasteiger partial charge in [0, 0.05) is 26.1 Å². The summed E-state index contributed by atoms with van der Waals surface area (Å²) in [6, 6.07) is 0.271. The number of unbranched alkanes of at least 4 members (excludes halogenated alkanes) is 1. The number of rotatable bonds is 4. The smallest absolute Gasteiger partial charge is 0.224 e. The molecule has 17 heavy (non-hydrogen) atoms. The number of carbonyl (C=O) groups is 2. The Hall–Kier alpha value is -1.06.